The van der Waals surface area contributed by atoms with E-state index in [1.807, 2.05) is 11.4 Å². The molecule has 116 valence electrons. The normalized spacial score (nSPS) is 21.2. The molecule has 0 radical (unpaired) electrons. The van der Waals surface area contributed by atoms with Crippen molar-refractivity contribution in [3.8, 4) is 0 Å². The summed E-state index contributed by atoms with van der Waals surface area (Å²) in [5, 5.41) is 13.6. The van der Waals surface area contributed by atoms with Crippen LogP contribution in [0.5, 0.6) is 0 Å². The van der Waals surface area contributed by atoms with E-state index in [0.717, 1.165) is 9.35 Å². The van der Waals surface area contributed by atoms with Crippen LogP contribution in [0.1, 0.15) is 18.4 Å². The van der Waals surface area contributed by atoms with Crippen LogP contribution in [0.15, 0.2) is 15.2 Å². The molecular formula is C13H17BrN2O4S. The van der Waals surface area contributed by atoms with Crippen LogP contribution in [0.2, 0.25) is 0 Å². The Morgan fingerprint density at radius 3 is 2.90 bits per heavy atom. The van der Waals surface area contributed by atoms with Gasteiger partial charge in [0, 0.05) is 20.1 Å². The Hall–Kier alpha value is -1.12. The summed E-state index contributed by atoms with van der Waals surface area (Å²) in [7, 11) is 1.72. The van der Waals surface area contributed by atoms with Gasteiger partial charge in [0.15, 0.2) is 6.10 Å². The SMILES string of the molecule is CN(Cc1csc(Br)c1)C(=O)NCC1CCC(C(=O)O)O1. The highest BCUT2D eigenvalue weighted by atomic mass is 79.9. The number of rotatable bonds is 5. The van der Waals surface area contributed by atoms with Gasteiger partial charge in [0.1, 0.15) is 0 Å². The fourth-order valence-electron chi connectivity index (χ4n) is 2.15. The summed E-state index contributed by atoms with van der Waals surface area (Å²) in [6.45, 7) is 0.859. The summed E-state index contributed by atoms with van der Waals surface area (Å²) in [6.07, 6.45) is 0.180. The Labute approximate surface area is 135 Å². The molecule has 2 unspecified atom stereocenters. The topological polar surface area (TPSA) is 78.9 Å². The summed E-state index contributed by atoms with van der Waals surface area (Å²) in [5.41, 5.74) is 1.06. The lowest BCUT2D eigenvalue weighted by atomic mass is 10.2. The van der Waals surface area contributed by atoms with Gasteiger partial charge in [-0.05, 0) is 45.8 Å². The zero-order chi connectivity index (χ0) is 15.4. The monoisotopic (exact) mass is 376 g/mol. The van der Waals surface area contributed by atoms with Gasteiger partial charge in [0.05, 0.1) is 9.89 Å². The van der Waals surface area contributed by atoms with Crippen LogP contribution in [-0.4, -0.2) is 47.8 Å². The Morgan fingerprint density at radius 2 is 2.33 bits per heavy atom. The van der Waals surface area contributed by atoms with Crippen molar-refractivity contribution in [1.82, 2.24) is 10.2 Å². The molecule has 2 heterocycles. The maximum absolute atomic E-state index is 12.0. The second-order valence-electron chi connectivity index (χ2n) is 4.96. The molecule has 1 aromatic heterocycles. The first-order chi connectivity index (χ1) is 9.95. The molecule has 8 heteroatoms. The van der Waals surface area contributed by atoms with Gasteiger partial charge in [0.25, 0.3) is 0 Å². The van der Waals surface area contributed by atoms with Crippen molar-refractivity contribution in [1.29, 1.82) is 0 Å². The van der Waals surface area contributed by atoms with E-state index in [9.17, 15) is 9.59 Å². The largest absolute Gasteiger partial charge is 0.479 e. The van der Waals surface area contributed by atoms with E-state index in [2.05, 4.69) is 21.2 Å². The number of carboxylic acids is 1. The van der Waals surface area contributed by atoms with Crippen molar-refractivity contribution in [2.75, 3.05) is 13.6 Å². The first kappa shape index (κ1) is 16.3. The van der Waals surface area contributed by atoms with Gasteiger partial charge in [0.2, 0.25) is 0 Å². The van der Waals surface area contributed by atoms with Crippen molar-refractivity contribution in [3.63, 3.8) is 0 Å². The van der Waals surface area contributed by atoms with Crippen molar-refractivity contribution in [2.45, 2.75) is 31.6 Å². The Morgan fingerprint density at radius 1 is 1.57 bits per heavy atom. The number of nitrogens with one attached hydrogen (secondary N) is 1. The van der Waals surface area contributed by atoms with Gasteiger partial charge >= 0.3 is 12.0 Å². The fraction of sp³-hybridized carbons (Fsp3) is 0.538. The molecule has 0 aromatic carbocycles. The molecule has 1 aliphatic heterocycles. The minimum absolute atomic E-state index is 0.195. The number of carbonyl (C=O) groups is 2. The molecule has 0 saturated carbocycles. The number of urea groups is 1. The van der Waals surface area contributed by atoms with Crippen molar-refractivity contribution in [2.24, 2.45) is 0 Å². The summed E-state index contributed by atoms with van der Waals surface area (Å²) in [5.74, 6) is -0.941. The third-order valence-corrected chi connectivity index (χ3v) is 4.81. The molecule has 0 bridgehead atoms. The summed E-state index contributed by atoms with van der Waals surface area (Å²) in [6, 6.07) is 1.78. The average molecular weight is 377 g/mol. The average Bonchev–Trinajstić information content (AvgIpc) is 3.05. The van der Waals surface area contributed by atoms with Crippen LogP contribution in [-0.2, 0) is 16.1 Å². The predicted molar refractivity (Wildman–Crippen MR) is 82.4 cm³/mol. The molecule has 1 fully saturated rings. The van der Waals surface area contributed by atoms with Crippen LogP contribution in [0.3, 0.4) is 0 Å². The number of carboxylic acid groups (broad SMARTS) is 1. The first-order valence-electron chi connectivity index (χ1n) is 6.56. The smallest absolute Gasteiger partial charge is 0.332 e. The minimum Gasteiger partial charge on any atom is -0.479 e. The number of halogens is 1. The van der Waals surface area contributed by atoms with E-state index in [1.54, 1.807) is 23.3 Å². The molecule has 1 aliphatic rings. The highest BCUT2D eigenvalue weighted by molar-refractivity contribution is 9.11. The van der Waals surface area contributed by atoms with Crippen LogP contribution in [0.4, 0.5) is 4.79 Å². The molecule has 1 saturated heterocycles. The zero-order valence-electron chi connectivity index (χ0n) is 11.5. The number of nitrogens with zero attached hydrogens (tertiary/aromatic N) is 1. The second kappa shape index (κ2) is 7.24. The number of thiophene rings is 1. The lowest BCUT2D eigenvalue weighted by molar-refractivity contribution is -0.149. The third-order valence-electron chi connectivity index (χ3n) is 3.25. The van der Waals surface area contributed by atoms with Crippen molar-refractivity contribution < 1.29 is 19.4 Å². The van der Waals surface area contributed by atoms with Crippen LogP contribution in [0, 0.1) is 0 Å². The van der Waals surface area contributed by atoms with Crippen molar-refractivity contribution >= 4 is 39.3 Å². The van der Waals surface area contributed by atoms with Gasteiger partial charge in [-0.3, -0.25) is 0 Å². The number of aliphatic carboxylic acids is 1. The van der Waals surface area contributed by atoms with Gasteiger partial charge in [-0.25, -0.2) is 9.59 Å². The van der Waals surface area contributed by atoms with Gasteiger partial charge in [-0.15, -0.1) is 11.3 Å². The highest BCUT2D eigenvalue weighted by Gasteiger charge is 2.30. The van der Waals surface area contributed by atoms with E-state index in [4.69, 9.17) is 9.84 Å². The summed E-state index contributed by atoms with van der Waals surface area (Å²) in [4.78, 5) is 24.3. The first-order valence-corrected chi connectivity index (χ1v) is 8.23. The fourth-order valence-corrected chi connectivity index (χ4v) is 3.35. The Bertz CT molecular complexity index is 522. The number of hydrogen-bond donors (Lipinski definition) is 2. The van der Waals surface area contributed by atoms with E-state index in [1.165, 1.54) is 0 Å². The lowest BCUT2D eigenvalue weighted by Crippen LogP contribution is -2.40. The molecule has 2 rings (SSSR count). The molecule has 0 aliphatic carbocycles. The van der Waals surface area contributed by atoms with E-state index in [0.29, 0.717) is 25.9 Å². The van der Waals surface area contributed by atoms with E-state index >= 15 is 0 Å². The quantitative estimate of drug-likeness (QED) is 0.825. The summed E-state index contributed by atoms with van der Waals surface area (Å²) >= 11 is 4.96. The highest BCUT2D eigenvalue weighted by Crippen LogP contribution is 2.22. The van der Waals surface area contributed by atoms with Crippen LogP contribution < -0.4 is 5.32 Å². The Balaban J connectivity index is 1.73. The minimum atomic E-state index is -0.941. The predicted octanol–water partition coefficient (Wildman–Crippen LogP) is 2.28. The van der Waals surface area contributed by atoms with Gasteiger partial charge in [-0.2, -0.15) is 0 Å². The second-order valence-corrected chi connectivity index (χ2v) is 7.25. The molecule has 1 aromatic rings. The number of hydrogen-bond acceptors (Lipinski definition) is 4. The van der Waals surface area contributed by atoms with Crippen LogP contribution in [0.25, 0.3) is 0 Å². The summed E-state index contributed by atoms with van der Waals surface area (Å²) < 4.78 is 6.37. The Kier molecular flexibility index (Phi) is 5.60. The van der Waals surface area contributed by atoms with Gasteiger partial charge < -0.3 is 20.1 Å². The molecule has 2 atom stereocenters. The van der Waals surface area contributed by atoms with Gasteiger partial charge in [-0.1, -0.05) is 0 Å². The maximum atomic E-state index is 12.0. The zero-order valence-corrected chi connectivity index (χ0v) is 13.9. The molecule has 0 spiro atoms. The number of ether oxygens (including phenoxy) is 1. The third kappa shape index (κ3) is 4.69. The standard InChI is InChI=1S/C13H17BrN2O4S/c1-16(6-8-4-11(14)21-7-8)13(19)15-5-9-2-3-10(20-9)12(17)18/h4,7,9-10H,2-3,5-6H2,1H3,(H,15,19)(H,17,18). The number of amides is 2. The van der Waals surface area contributed by atoms with Crippen molar-refractivity contribution in [3.05, 3.63) is 20.8 Å². The van der Waals surface area contributed by atoms with E-state index in [-0.39, 0.29) is 12.1 Å². The maximum Gasteiger partial charge on any atom is 0.332 e. The number of carbonyl (C=O) groups excluding carboxylic acids is 1. The van der Waals surface area contributed by atoms with Crippen LogP contribution >= 0.6 is 27.3 Å². The molecule has 21 heavy (non-hydrogen) atoms. The molecule has 6 nitrogen and oxygen atoms in total. The molecular weight excluding hydrogens is 360 g/mol. The van der Waals surface area contributed by atoms with E-state index < -0.39 is 12.1 Å². The molecule has 2 N–H and O–H groups in total. The molecule has 2 amide bonds. The lowest BCUT2D eigenvalue weighted by Gasteiger charge is -2.19.